The average molecular weight is 438 g/mol. The summed E-state index contributed by atoms with van der Waals surface area (Å²) >= 11 is 0. The number of halogens is 3. The van der Waals surface area contributed by atoms with E-state index in [4.69, 9.17) is 4.74 Å². The van der Waals surface area contributed by atoms with Gasteiger partial charge in [0.2, 0.25) is 0 Å². The minimum absolute atomic E-state index is 0.232. The lowest BCUT2D eigenvalue weighted by molar-refractivity contribution is -0.146. The maximum absolute atomic E-state index is 12.9. The summed E-state index contributed by atoms with van der Waals surface area (Å²) in [6.45, 7) is 2.98. The van der Waals surface area contributed by atoms with Gasteiger partial charge in [-0.15, -0.1) is 0 Å². The molecule has 0 N–H and O–H groups in total. The van der Waals surface area contributed by atoms with E-state index in [9.17, 15) is 18.0 Å². The molecular formula is C22H29F3N4O2. The van der Waals surface area contributed by atoms with Crippen molar-refractivity contribution in [2.45, 2.75) is 51.5 Å². The van der Waals surface area contributed by atoms with Gasteiger partial charge in [0.05, 0.1) is 13.5 Å². The molecule has 0 saturated carbocycles. The van der Waals surface area contributed by atoms with E-state index in [-0.39, 0.29) is 5.91 Å². The summed E-state index contributed by atoms with van der Waals surface area (Å²) in [5, 5.41) is 4.58. The second kappa shape index (κ2) is 9.30. The Morgan fingerprint density at radius 2 is 1.94 bits per heavy atom. The van der Waals surface area contributed by atoms with E-state index >= 15 is 0 Å². The zero-order valence-corrected chi connectivity index (χ0v) is 18.4. The molecule has 1 aliphatic rings. The zero-order valence-electron chi connectivity index (χ0n) is 18.4. The van der Waals surface area contributed by atoms with Gasteiger partial charge >= 0.3 is 6.18 Å². The molecule has 3 rings (SSSR count). The van der Waals surface area contributed by atoms with Gasteiger partial charge in [-0.1, -0.05) is 12.1 Å². The lowest BCUT2D eigenvalue weighted by Crippen LogP contribution is -2.40. The fourth-order valence-electron chi connectivity index (χ4n) is 3.95. The van der Waals surface area contributed by atoms with Gasteiger partial charge in [0, 0.05) is 57.4 Å². The third-order valence-corrected chi connectivity index (χ3v) is 5.69. The van der Waals surface area contributed by atoms with E-state index in [1.54, 1.807) is 33.0 Å². The van der Waals surface area contributed by atoms with Crippen LogP contribution in [0.15, 0.2) is 24.3 Å². The maximum atomic E-state index is 12.9. The Bertz CT molecular complexity index is 907. The third kappa shape index (κ3) is 5.58. The van der Waals surface area contributed by atoms with Crippen molar-refractivity contribution in [3.63, 3.8) is 0 Å². The molecule has 9 heteroatoms. The topological polar surface area (TPSA) is 50.6 Å². The highest BCUT2D eigenvalue weighted by Gasteiger charge is 2.35. The first-order valence-electron chi connectivity index (χ1n) is 10.3. The van der Waals surface area contributed by atoms with Crippen LogP contribution in [0.4, 0.5) is 13.2 Å². The number of benzene rings is 1. The van der Waals surface area contributed by atoms with Gasteiger partial charge < -0.3 is 9.64 Å². The van der Waals surface area contributed by atoms with E-state index in [0.717, 1.165) is 29.0 Å². The molecule has 6 nitrogen and oxygen atoms in total. The Morgan fingerprint density at radius 3 is 2.52 bits per heavy atom. The number of hydrogen-bond acceptors (Lipinski definition) is 4. The van der Waals surface area contributed by atoms with Crippen LogP contribution >= 0.6 is 0 Å². The smallest absolute Gasteiger partial charge is 0.390 e. The van der Waals surface area contributed by atoms with Crippen LogP contribution in [0.25, 0.3) is 0 Å². The van der Waals surface area contributed by atoms with Gasteiger partial charge in [0.1, 0.15) is 5.75 Å². The van der Waals surface area contributed by atoms with Crippen molar-refractivity contribution >= 4 is 5.91 Å². The highest BCUT2D eigenvalue weighted by atomic mass is 19.4. The lowest BCUT2D eigenvalue weighted by Gasteiger charge is -2.33. The number of nitrogens with zero attached hydrogens (tertiary/aromatic N) is 4. The Balaban J connectivity index is 1.82. The molecule has 1 amide bonds. The number of aromatic nitrogens is 2. The number of ether oxygens (including phenoxy) is 1. The van der Waals surface area contributed by atoms with Crippen LogP contribution in [0.5, 0.6) is 5.75 Å². The van der Waals surface area contributed by atoms with Gasteiger partial charge in [-0.2, -0.15) is 18.3 Å². The molecule has 0 bridgehead atoms. The van der Waals surface area contributed by atoms with Crippen molar-refractivity contribution < 1.29 is 22.7 Å². The number of aryl methyl sites for hydroxylation is 2. The molecule has 0 radical (unpaired) electrons. The van der Waals surface area contributed by atoms with Crippen molar-refractivity contribution in [1.82, 2.24) is 19.6 Å². The molecule has 2 aromatic rings. The first-order valence-corrected chi connectivity index (χ1v) is 10.3. The first kappa shape index (κ1) is 23.1. The van der Waals surface area contributed by atoms with Gasteiger partial charge in [0.25, 0.3) is 5.91 Å². The predicted molar refractivity (Wildman–Crippen MR) is 111 cm³/mol. The lowest BCUT2D eigenvalue weighted by atomic mass is 10.0. The number of alkyl halides is 3. The quantitative estimate of drug-likeness (QED) is 0.664. The second-order valence-corrected chi connectivity index (χ2v) is 8.18. The summed E-state index contributed by atoms with van der Waals surface area (Å²) in [6, 6.07) is 7.12. The van der Waals surface area contributed by atoms with Crippen LogP contribution in [0, 0.1) is 0 Å². The van der Waals surface area contributed by atoms with Crippen LogP contribution in [-0.4, -0.2) is 65.5 Å². The highest BCUT2D eigenvalue weighted by Crippen LogP contribution is 2.29. The van der Waals surface area contributed by atoms with Crippen LogP contribution in [0.2, 0.25) is 0 Å². The average Bonchev–Trinajstić information content (AvgIpc) is 3.08. The van der Waals surface area contributed by atoms with E-state index in [1.165, 1.54) is 4.90 Å². The Kier molecular flexibility index (Phi) is 6.93. The molecule has 1 aromatic carbocycles. The molecule has 1 aromatic heterocycles. The van der Waals surface area contributed by atoms with Gasteiger partial charge in [-0.05, 0) is 31.0 Å². The summed E-state index contributed by atoms with van der Waals surface area (Å²) in [6.07, 6.45) is -3.80. The standard InChI is InChI=1S/C22H29F3N4O2/c1-15(13-22(23,24)25)28-11-10-19-18(14-28)20(21(30)27(2)3)26-29(19)12-9-16-5-7-17(31-4)8-6-16/h5-8,15H,9-14H2,1-4H3. The van der Waals surface area contributed by atoms with Crippen LogP contribution < -0.4 is 4.74 Å². The Labute approximate surface area is 180 Å². The number of fused-ring (bicyclic) bond motifs is 1. The van der Waals surface area contributed by atoms with Crippen LogP contribution in [0.3, 0.4) is 0 Å². The van der Waals surface area contributed by atoms with Crippen molar-refractivity contribution in [3.8, 4) is 5.75 Å². The molecule has 170 valence electrons. The van der Waals surface area contributed by atoms with E-state index in [1.807, 2.05) is 28.9 Å². The number of rotatable bonds is 7. The maximum Gasteiger partial charge on any atom is 0.390 e. The minimum atomic E-state index is -4.22. The van der Waals surface area contributed by atoms with Crippen molar-refractivity contribution in [3.05, 3.63) is 46.8 Å². The normalized spacial score (nSPS) is 15.5. The Morgan fingerprint density at radius 1 is 1.26 bits per heavy atom. The fourth-order valence-corrected chi connectivity index (χ4v) is 3.95. The largest absolute Gasteiger partial charge is 0.497 e. The SMILES string of the molecule is COc1ccc(CCn2nc(C(=O)N(C)C)c3c2CCN(C(C)CC(F)(F)F)C3)cc1. The van der Waals surface area contributed by atoms with Crippen molar-refractivity contribution in [2.24, 2.45) is 0 Å². The monoisotopic (exact) mass is 438 g/mol. The molecule has 0 aliphatic carbocycles. The summed E-state index contributed by atoms with van der Waals surface area (Å²) in [5.74, 6) is 0.553. The molecule has 1 unspecified atom stereocenters. The number of hydrogen-bond donors (Lipinski definition) is 0. The summed E-state index contributed by atoms with van der Waals surface area (Å²) in [5.41, 5.74) is 3.13. The fraction of sp³-hybridized carbons (Fsp3) is 0.545. The molecule has 2 heterocycles. The molecule has 0 saturated heterocycles. The predicted octanol–water partition coefficient (Wildman–Crippen LogP) is 3.54. The molecule has 0 fully saturated rings. The number of amides is 1. The number of carbonyl (C=O) groups is 1. The molecular weight excluding hydrogens is 409 g/mol. The number of methoxy groups -OCH3 is 1. The third-order valence-electron chi connectivity index (χ3n) is 5.69. The summed E-state index contributed by atoms with van der Waals surface area (Å²) in [4.78, 5) is 16.0. The first-order chi connectivity index (χ1) is 14.6. The summed E-state index contributed by atoms with van der Waals surface area (Å²) in [7, 11) is 4.92. The number of carbonyl (C=O) groups excluding carboxylic acids is 1. The molecule has 0 spiro atoms. The van der Waals surface area contributed by atoms with Crippen molar-refractivity contribution in [1.29, 1.82) is 0 Å². The zero-order chi connectivity index (χ0) is 22.8. The van der Waals surface area contributed by atoms with E-state index < -0.39 is 18.6 Å². The minimum Gasteiger partial charge on any atom is -0.497 e. The molecule has 1 aliphatic heterocycles. The van der Waals surface area contributed by atoms with Crippen LogP contribution in [-0.2, 0) is 25.9 Å². The van der Waals surface area contributed by atoms with E-state index in [0.29, 0.717) is 31.7 Å². The molecule has 1 atom stereocenters. The molecule has 31 heavy (non-hydrogen) atoms. The van der Waals surface area contributed by atoms with Crippen molar-refractivity contribution in [2.75, 3.05) is 27.7 Å². The summed E-state index contributed by atoms with van der Waals surface area (Å²) < 4.78 is 45.6. The second-order valence-electron chi connectivity index (χ2n) is 8.18. The van der Waals surface area contributed by atoms with Gasteiger partial charge in [-0.3, -0.25) is 14.4 Å². The van der Waals surface area contributed by atoms with Crippen LogP contribution in [0.1, 0.15) is 40.7 Å². The van der Waals surface area contributed by atoms with Gasteiger partial charge in [-0.25, -0.2) is 0 Å². The van der Waals surface area contributed by atoms with Gasteiger partial charge in [0.15, 0.2) is 5.69 Å². The Hall–Kier alpha value is -2.55. The van der Waals surface area contributed by atoms with E-state index in [2.05, 4.69) is 5.10 Å². The highest BCUT2D eigenvalue weighted by molar-refractivity contribution is 5.93.